The van der Waals surface area contributed by atoms with Gasteiger partial charge in [-0.2, -0.15) is 0 Å². The summed E-state index contributed by atoms with van der Waals surface area (Å²) in [5.41, 5.74) is 5.03. The molecule has 6 fully saturated rings. The van der Waals surface area contributed by atoms with Crippen LogP contribution >= 0.6 is 0 Å². The summed E-state index contributed by atoms with van der Waals surface area (Å²) in [6.07, 6.45) is 10.2. The number of carbonyl (C=O) groups excluding carboxylic acids is 6. The Hall–Kier alpha value is -7.22. The van der Waals surface area contributed by atoms with E-state index in [9.17, 15) is 28.8 Å². The molecule has 2 saturated heterocycles. The fraction of sp³-hybridized carbons (Fsp3) is 0.370. The molecule has 14 heteroatoms. The molecule has 6 aliphatic rings. The molecule has 68 heavy (non-hydrogen) atoms. The zero-order valence-electron chi connectivity index (χ0n) is 37.5. The summed E-state index contributed by atoms with van der Waals surface area (Å²) in [6.45, 7) is 0.274. The molecule has 3 aromatic carbocycles. The lowest BCUT2D eigenvalue weighted by Gasteiger charge is -2.18. The van der Waals surface area contributed by atoms with Crippen molar-refractivity contribution in [2.45, 2.75) is 73.5 Å². The highest BCUT2D eigenvalue weighted by atomic mass is 16.2. The molecule has 6 amide bonds. The van der Waals surface area contributed by atoms with Crippen molar-refractivity contribution in [2.75, 3.05) is 26.2 Å². The third-order valence-corrected chi connectivity index (χ3v) is 15.1. The van der Waals surface area contributed by atoms with Crippen LogP contribution in [0.3, 0.4) is 0 Å². The Morgan fingerprint density at radius 2 is 0.676 bits per heavy atom. The van der Waals surface area contributed by atoms with E-state index in [1.807, 2.05) is 60.7 Å². The Morgan fingerprint density at radius 1 is 0.382 bits per heavy atom. The first kappa shape index (κ1) is 43.4. The Kier molecular flexibility index (Phi) is 11.5. The average molecular weight is 911 g/mol. The van der Waals surface area contributed by atoms with Gasteiger partial charge < -0.3 is 31.1 Å². The van der Waals surface area contributed by atoms with E-state index in [-0.39, 0.29) is 109 Å². The number of carbonyl (C=O) groups is 6. The van der Waals surface area contributed by atoms with E-state index in [1.54, 1.807) is 58.9 Å². The Labute approximate surface area is 394 Å². The van der Waals surface area contributed by atoms with Crippen LogP contribution in [0.25, 0.3) is 0 Å². The highest BCUT2D eigenvalue weighted by molar-refractivity contribution is 6.00. The zero-order valence-corrected chi connectivity index (χ0v) is 37.5. The van der Waals surface area contributed by atoms with Gasteiger partial charge in [-0.05, 0) is 84.3 Å². The summed E-state index contributed by atoms with van der Waals surface area (Å²) in [5, 5.41) is 12.7. The maximum atomic E-state index is 14.2. The minimum absolute atomic E-state index is 0.0369. The predicted octanol–water partition coefficient (Wildman–Crippen LogP) is 4.54. The molecule has 0 spiro atoms. The molecule has 0 radical (unpaired) electrons. The molecular weight excluding hydrogens is 857 g/mol. The van der Waals surface area contributed by atoms with Crippen LogP contribution in [0.15, 0.2) is 134 Å². The number of nitrogens with one attached hydrogen (secondary N) is 4. The van der Waals surface area contributed by atoms with Crippen molar-refractivity contribution in [3.8, 4) is 0 Å². The molecule has 346 valence electrons. The third-order valence-electron chi connectivity index (χ3n) is 15.1. The number of rotatable bonds is 14. The van der Waals surface area contributed by atoms with Crippen LogP contribution < -0.4 is 21.3 Å². The molecule has 4 heterocycles. The summed E-state index contributed by atoms with van der Waals surface area (Å²) in [5.74, 6) is -3.98. The van der Waals surface area contributed by atoms with E-state index in [2.05, 4.69) is 55.5 Å². The lowest BCUT2D eigenvalue weighted by Crippen LogP contribution is -2.43. The topological polar surface area (TPSA) is 183 Å². The van der Waals surface area contributed by atoms with E-state index in [4.69, 9.17) is 0 Å². The summed E-state index contributed by atoms with van der Waals surface area (Å²) in [6, 6.07) is 33.9. The normalized spacial score (nSPS) is 29.6. The summed E-state index contributed by atoms with van der Waals surface area (Å²) in [7, 11) is 0. The van der Waals surface area contributed by atoms with Gasteiger partial charge in [0.2, 0.25) is 23.6 Å². The number of likely N-dealkylation sites (tertiary alicyclic amines) is 2. The SMILES string of the molecule is O=C(NC1C[C@@H]1c1ccccc1)[C@@H]1CN(C(=O)c2ccc(C(=O)N3C[C@@H](C(=O)NC4C[C@@H]4c4cccnc4)[C@H](C(=O)N[C@H]4C[C@@H]4c4cccnc4)C3)cc2)C[C@H]1C(=O)N[C@H]1C[C@@H]1c1ccccc1. The second kappa shape index (κ2) is 18.1. The zero-order chi connectivity index (χ0) is 46.5. The number of amides is 6. The van der Waals surface area contributed by atoms with Crippen molar-refractivity contribution in [1.29, 1.82) is 0 Å². The lowest BCUT2D eigenvalue weighted by molar-refractivity contribution is -0.133. The van der Waals surface area contributed by atoms with Crippen molar-refractivity contribution in [3.63, 3.8) is 0 Å². The number of nitrogens with zero attached hydrogens (tertiary/aromatic N) is 4. The number of benzene rings is 3. The Balaban J connectivity index is 0.756. The Bertz CT molecular complexity index is 2370. The molecule has 5 aromatic rings. The van der Waals surface area contributed by atoms with Crippen molar-refractivity contribution in [1.82, 2.24) is 41.0 Å². The molecule has 12 atom stereocenters. The van der Waals surface area contributed by atoms with Crippen LogP contribution in [0.4, 0.5) is 0 Å². The van der Waals surface area contributed by atoms with Crippen molar-refractivity contribution in [3.05, 3.63) is 167 Å². The van der Waals surface area contributed by atoms with E-state index in [0.717, 1.165) is 47.9 Å². The van der Waals surface area contributed by atoms with Crippen LogP contribution in [-0.2, 0) is 19.2 Å². The lowest BCUT2D eigenvalue weighted by atomic mass is 9.94. The van der Waals surface area contributed by atoms with Gasteiger partial charge in [-0.15, -0.1) is 0 Å². The highest BCUT2D eigenvalue weighted by Crippen LogP contribution is 2.44. The number of pyridine rings is 2. The second-order valence-electron chi connectivity index (χ2n) is 19.6. The Morgan fingerprint density at radius 3 is 0.971 bits per heavy atom. The van der Waals surface area contributed by atoms with Gasteiger partial charge in [0.05, 0.1) is 23.7 Å². The number of hydrogen-bond acceptors (Lipinski definition) is 8. The minimum atomic E-state index is -0.760. The van der Waals surface area contributed by atoms with Gasteiger partial charge in [0.1, 0.15) is 0 Å². The molecule has 2 unspecified atom stereocenters. The summed E-state index contributed by atoms with van der Waals surface area (Å²) >= 11 is 0. The molecule has 14 nitrogen and oxygen atoms in total. The quantitative estimate of drug-likeness (QED) is 0.125. The molecular formula is C54H54N8O6. The standard InChI is InChI=1S/C54H54N8O6/c63-49(57-45-21-37(45)31-9-3-1-4-10-31)41-27-61(28-42(41)50(64)58-46-22-38(46)32-11-5-2-6-12-32)53(67)33-15-17-34(18-16-33)54(68)62-29-43(51(65)59-47-23-39(47)35-13-7-19-55-25-35)44(30-62)52(66)60-48-24-40(48)36-14-8-20-56-26-36/h1-20,25-26,37-48H,21-24,27-30H2,(H,57,63)(H,58,64)(H,59,65)(H,60,66)/t37-,38-,39-,40-,41-,42-,43-,44-,45+,46?,47+,48?/m1/s1. The fourth-order valence-corrected chi connectivity index (χ4v) is 10.8. The smallest absolute Gasteiger partial charge is 0.253 e. The number of aromatic nitrogens is 2. The molecule has 2 aromatic heterocycles. The van der Waals surface area contributed by atoms with Gasteiger partial charge in [0.15, 0.2) is 0 Å². The van der Waals surface area contributed by atoms with Gasteiger partial charge in [-0.3, -0.25) is 38.7 Å². The largest absolute Gasteiger partial charge is 0.352 e. The van der Waals surface area contributed by atoms with Gasteiger partial charge in [-0.1, -0.05) is 72.8 Å². The minimum Gasteiger partial charge on any atom is -0.352 e. The molecule has 4 aliphatic carbocycles. The van der Waals surface area contributed by atoms with E-state index in [1.165, 1.54) is 0 Å². The van der Waals surface area contributed by atoms with E-state index in [0.29, 0.717) is 11.1 Å². The first-order valence-electron chi connectivity index (χ1n) is 24.0. The summed E-state index contributed by atoms with van der Waals surface area (Å²) < 4.78 is 0. The van der Waals surface area contributed by atoms with Crippen LogP contribution in [-0.4, -0.2) is 106 Å². The maximum Gasteiger partial charge on any atom is 0.253 e. The van der Waals surface area contributed by atoms with Gasteiger partial charge in [0, 0.05) is 110 Å². The van der Waals surface area contributed by atoms with Gasteiger partial charge in [-0.25, -0.2) is 0 Å². The van der Waals surface area contributed by atoms with E-state index >= 15 is 0 Å². The molecule has 11 rings (SSSR count). The van der Waals surface area contributed by atoms with Crippen molar-refractivity contribution < 1.29 is 28.8 Å². The average Bonchev–Trinajstić information content (AvgIpc) is 4.31. The third kappa shape index (κ3) is 9.11. The predicted molar refractivity (Wildman–Crippen MR) is 251 cm³/mol. The first-order chi connectivity index (χ1) is 33.2. The van der Waals surface area contributed by atoms with E-state index < -0.39 is 23.7 Å². The molecule has 0 bridgehead atoms. The molecule has 2 aliphatic heterocycles. The monoisotopic (exact) mass is 910 g/mol. The number of hydrogen-bond donors (Lipinski definition) is 4. The van der Waals surface area contributed by atoms with Crippen LogP contribution in [0.1, 0.15) is 92.3 Å². The first-order valence-corrected chi connectivity index (χ1v) is 24.0. The van der Waals surface area contributed by atoms with Crippen molar-refractivity contribution >= 4 is 35.4 Å². The second-order valence-corrected chi connectivity index (χ2v) is 19.6. The molecule has 4 N–H and O–H groups in total. The van der Waals surface area contributed by atoms with Crippen LogP contribution in [0, 0.1) is 23.7 Å². The van der Waals surface area contributed by atoms with Crippen LogP contribution in [0.2, 0.25) is 0 Å². The molecule has 4 saturated carbocycles. The van der Waals surface area contributed by atoms with Gasteiger partial charge >= 0.3 is 0 Å². The van der Waals surface area contributed by atoms with Crippen LogP contribution in [0.5, 0.6) is 0 Å². The van der Waals surface area contributed by atoms with Gasteiger partial charge in [0.25, 0.3) is 11.8 Å². The summed E-state index contributed by atoms with van der Waals surface area (Å²) in [4.78, 5) is 95.8. The van der Waals surface area contributed by atoms with Crippen molar-refractivity contribution in [2.24, 2.45) is 23.7 Å². The fourth-order valence-electron chi connectivity index (χ4n) is 10.8. The maximum absolute atomic E-state index is 14.2. The highest BCUT2D eigenvalue weighted by Gasteiger charge is 2.51.